The lowest BCUT2D eigenvalue weighted by atomic mass is 9.64. The highest BCUT2D eigenvalue weighted by molar-refractivity contribution is 5.84. The van der Waals surface area contributed by atoms with Gasteiger partial charge in [-0.05, 0) is 18.9 Å². The Kier molecular flexibility index (Phi) is 4.69. The molecule has 1 aliphatic carbocycles. The van der Waals surface area contributed by atoms with Gasteiger partial charge in [0.05, 0.1) is 13.3 Å². The molecule has 1 amide bonds. The highest BCUT2D eigenvalue weighted by Crippen LogP contribution is 2.46. The number of hydrogen-bond acceptors (Lipinski definition) is 5. The number of carbonyl (C=O) groups is 2. The van der Waals surface area contributed by atoms with Crippen LogP contribution in [0.2, 0.25) is 0 Å². The molecular weight excluding hydrogens is 324 g/mol. The van der Waals surface area contributed by atoms with Crippen molar-refractivity contribution in [3.05, 3.63) is 41.7 Å². The first-order chi connectivity index (χ1) is 12.0. The molecule has 1 aromatic carbocycles. The van der Waals surface area contributed by atoms with Gasteiger partial charge in [0, 0.05) is 17.5 Å². The molecule has 132 valence electrons. The zero-order chi connectivity index (χ0) is 17.9. The Labute approximate surface area is 144 Å². The average Bonchev–Trinajstić information content (AvgIpc) is 3.03. The molecule has 0 saturated heterocycles. The lowest BCUT2D eigenvalue weighted by Gasteiger charge is -2.43. The Morgan fingerprint density at radius 3 is 2.72 bits per heavy atom. The van der Waals surface area contributed by atoms with E-state index >= 15 is 0 Å². The lowest BCUT2D eigenvalue weighted by Crippen LogP contribution is -2.46. The van der Waals surface area contributed by atoms with Crippen LogP contribution in [0.4, 0.5) is 0 Å². The number of para-hydroxylation sites is 1. The van der Waals surface area contributed by atoms with Crippen molar-refractivity contribution >= 4 is 11.9 Å². The van der Waals surface area contributed by atoms with Crippen molar-refractivity contribution in [2.24, 2.45) is 0 Å². The number of carboxylic acids is 1. The number of amides is 1. The highest BCUT2D eigenvalue weighted by Gasteiger charge is 2.40. The van der Waals surface area contributed by atoms with E-state index in [0.717, 1.165) is 30.6 Å². The molecule has 0 aliphatic heterocycles. The van der Waals surface area contributed by atoms with Crippen molar-refractivity contribution in [3.63, 3.8) is 0 Å². The Morgan fingerprint density at radius 2 is 2.12 bits per heavy atom. The van der Waals surface area contributed by atoms with Crippen molar-refractivity contribution in [2.45, 2.75) is 31.2 Å². The molecule has 1 fully saturated rings. The first kappa shape index (κ1) is 16.9. The predicted molar refractivity (Wildman–Crippen MR) is 88.5 cm³/mol. The van der Waals surface area contributed by atoms with E-state index in [4.69, 9.17) is 9.84 Å². The molecule has 0 radical (unpaired) electrons. The predicted octanol–water partition coefficient (Wildman–Crippen LogP) is 1.22. The topological polar surface area (TPSA) is 106 Å². The maximum atomic E-state index is 12.2. The molecule has 3 rings (SSSR count). The standard InChI is InChI=1S/C17H20N4O4/c1-25-14-6-3-2-5-12(14)17(7-4-8-17)11-18-15(22)10-21-9-13(16(23)24)19-20-21/h2-3,5-6,9H,4,7-8,10-11H2,1H3,(H,18,22)(H,23,24). The number of benzene rings is 1. The van der Waals surface area contributed by atoms with Crippen molar-refractivity contribution in [1.29, 1.82) is 0 Å². The van der Waals surface area contributed by atoms with Crippen LogP contribution in [-0.4, -0.2) is 45.6 Å². The highest BCUT2D eigenvalue weighted by atomic mass is 16.5. The maximum Gasteiger partial charge on any atom is 0.358 e. The van der Waals surface area contributed by atoms with Crippen LogP contribution in [-0.2, 0) is 16.8 Å². The second-order valence-corrected chi connectivity index (χ2v) is 6.22. The molecule has 0 bridgehead atoms. The van der Waals surface area contributed by atoms with Crippen LogP contribution in [0.5, 0.6) is 5.75 Å². The molecule has 0 spiro atoms. The third kappa shape index (κ3) is 3.47. The van der Waals surface area contributed by atoms with Gasteiger partial charge in [-0.1, -0.05) is 29.8 Å². The number of carboxylic acid groups (broad SMARTS) is 1. The number of rotatable bonds is 7. The van der Waals surface area contributed by atoms with Crippen molar-refractivity contribution in [1.82, 2.24) is 20.3 Å². The summed E-state index contributed by atoms with van der Waals surface area (Å²) in [5, 5.41) is 18.9. The zero-order valence-electron chi connectivity index (χ0n) is 13.9. The number of aromatic carboxylic acids is 1. The summed E-state index contributed by atoms with van der Waals surface area (Å²) in [4.78, 5) is 23.0. The van der Waals surface area contributed by atoms with Crippen molar-refractivity contribution in [2.75, 3.05) is 13.7 Å². The number of carbonyl (C=O) groups excluding carboxylic acids is 1. The van der Waals surface area contributed by atoms with E-state index in [1.54, 1.807) is 7.11 Å². The van der Waals surface area contributed by atoms with Gasteiger partial charge in [0.2, 0.25) is 5.91 Å². The third-order valence-electron chi connectivity index (χ3n) is 4.68. The van der Waals surface area contributed by atoms with Crippen LogP contribution >= 0.6 is 0 Å². The van der Waals surface area contributed by atoms with E-state index in [2.05, 4.69) is 15.6 Å². The number of ether oxygens (including phenoxy) is 1. The van der Waals surface area contributed by atoms with Crippen LogP contribution in [0.1, 0.15) is 35.3 Å². The maximum absolute atomic E-state index is 12.2. The molecule has 2 N–H and O–H groups in total. The molecule has 1 heterocycles. The smallest absolute Gasteiger partial charge is 0.358 e. The van der Waals surface area contributed by atoms with Gasteiger partial charge in [-0.3, -0.25) is 4.79 Å². The van der Waals surface area contributed by atoms with Crippen molar-refractivity contribution in [3.8, 4) is 5.75 Å². The van der Waals surface area contributed by atoms with E-state index in [0.29, 0.717) is 6.54 Å². The Balaban J connectivity index is 1.64. The summed E-state index contributed by atoms with van der Waals surface area (Å²) >= 11 is 0. The Hall–Kier alpha value is -2.90. The van der Waals surface area contributed by atoms with Crippen molar-refractivity contribution < 1.29 is 19.4 Å². The van der Waals surface area contributed by atoms with Gasteiger partial charge in [-0.25, -0.2) is 9.48 Å². The largest absolute Gasteiger partial charge is 0.496 e. The number of nitrogens with one attached hydrogen (secondary N) is 1. The van der Waals surface area contributed by atoms with E-state index in [1.165, 1.54) is 10.9 Å². The minimum atomic E-state index is -1.17. The van der Waals surface area contributed by atoms with Gasteiger partial charge in [0.25, 0.3) is 0 Å². The van der Waals surface area contributed by atoms with Crippen LogP contribution < -0.4 is 10.1 Å². The molecule has 0 atom stereocenters. The van der Waals surface area contributed by atoms with Crippen LogP contribution in [0, 0.1) is 0 Å². The summed E-state index contributed by atoms with van der Waals surface area (Å²) < 4.78 is 6.68. The summed E-state index contributed by atoms with van der Waals surface area (Å²) in [6.07, 6.45) is 4.32. The minimum Gasteiger partial charge on any atom is -0.496 e. The fourth-order valence-corrected chi connectivity index (χ4v) is 3.17. The number of methoxy groups -OCH3 is 1. The number of hydrogen-bond donors (Lipinski definition) is 2. The molecule has 1 aromatic heterocycles. The molecule has 0 unspecified atom stereocenters. The monoisotopic (exact) mass is 344 g/mol. The third-order valence-corrected chi connectivity index (χ3v) is 4.68. The van der Waals surface area contributed by atoms with E-state index in [1.807, 2.05) is 24.3 Å². The molecule has 2 aromatic rings. The van der Waals surface area contributed by atoms with E-state index in [9.17, 15) is 9.59 Å². The summed E-state index contributed by atoms with van der Waals surface area (Å²) in [5.41, 5.74) is 0.812. The molecule has 8 heteroatoms. The van der Waals surface area contributed by atoms with Crippen LogP contribution in [0.3, 0.4) is 0 Å². The summed E-state index contributed by atoms with van der Waals surface area (Å²) in [6.45, 7) is 0.439. The zero-order valence-corrected chi connectivity index (χ0v) is 13.9. The SMILES string of the molecule is COc1ccccc1C1(CNC(=O)Cn2cc(C(=O)O)nn2)CCC1. The lowest BCUT2D eigenvalue weighted by molar-refractivity contribution is -0.122. The van der Waals surface area contributed by atoms with Crippen LogP contribution in [0.15, 0.2) is 30.5 Å². The molecule has 8 nitrogen and oxygen atoms in total. The molecule has 1 saturated carbocycles. The fraction of sp³-hybridized carbons (Fsp3) is 0.412. The second-order valence-electron chi connectivity index (χ2n) is 6.22. The summed E-state index contributed by atoms with van der Waals surface area (Å²) in [5.74, 6) is -0.571. The first-order valence-electron chi connectivity index (χ1n) is 8.08. The van der Waals surface area contributed by atoms with Gasteiger partial charge >= 0.3 is 5.97 Å². The van der Waals surface area contributed by atoms with Gasteiger partial charge < -0.3 is 15.2 Å². The summed E-state index contributed by atoms with van der Waals surface area (Å²) in [6, 6.07) is 7.88. The minimum absolute atomic E-state index is 0.0672. The average molecular weight is 344 g/mol. The van der Waals surface area contributed by atoms with E-state index < -0.39 is 5.97 Å². The second kappa shape index (κ2) is 6.92. The van der Waals surface area contributed by atoms with Gasteiger partial charge in [0.15, 0.2) is 5.69 Å². The molecule has 25 heavy (non-hydrogen) atoms. The molecule has 1 aliphatic rings. The first-order valence-corrected chi connectivity index (χ1v) is 8.08. The Bertz CT molecular complexity index is 782. The quantitative estimate of drug-likeness (QED) is 0.782. The molecular formula is C17H20N4O4. The Morgan fingerprint density at radius 1 is 1.36 bits per heavy atom. The number of nitrogens with zero attached hydrogens (tertiary/aromatic N) is 3. The van der Waals surface area contributed by atoms with Gasteiger partial charge in [0.1, 0.15) is 12.3 Å². The van der Waals surface area contributed by atoms with Gasteiger partial charge in [-0.2, -0.15) is 0 Å². The van der Waals surface area contributed by atoms with Crippen LogP contribution in [0.25, 0.3) is 0 Å². The fourth-order valence-electron chi connectivity index (χ4n) is 3.17. The normalized spacial score (nSPS) is 15.2. The number of aromatic nitrogens is 3. The summed E-state index contributed by atoms with van der Waals surface area (Å²) in [7, 11) is 1.65. The van der Waals surface area contributed by atoms with E-state index in [-0.39, 0.29) is 23.6 Å². The van der Waals surface area contributed by atoms with Gasteiger partial charge in [-0.15, -0.1) is 5.10 Å².